The van der Waals surface area contributed by atoms with Gasteiger partial charge in [-0.25, -0.2) is 0 Å². The molecule has 0 unspecified atom stereocenters. The molecule has 0 aromatic carbocycles. The molecule has 0 aliphatic carbocycles. The Kier molecular flexibility index (Phi) is 5.11. The number of ether oxygens (including phenoxy) is 1. The van der Waals surface area contributed by atoms with Gasteiger partial charge in [-0.1, -0.05) is 0 Å². The minimum absolute atomic E-state index is 0.220. The van der Waals surface area contributed by atoms with Crippen molar-refractivity contribution in [3.63, 3.8) is 0 Å². The molecular formula is C12H19NO3S. The van der Waals surface area contributed by atoms with E-state index in [1.807, 2.05) is 12.1 Å². The minimum atomic E-state index is -0.702. The van der Waals surface area contributed by atoms with E-state index in [1.54, 1.807) is 25.2 Å². The molecule has 0 aliphatic rings. The number of carbonyl (C=O) groups excluding carboxylic acids is 1. The molecule has 0 atom stereocenters. The van der Waals surface area contributed by atoms with Gasteiger partial charge in [0.1, 0.15) is 0 Å². The molecule has 1 rings (SSSR count). The number of carbonyl (C=O) groups is 1. The monoisotopic (exact) mass is 257 g/mol. The molecule has 4 nitrogen and oxygen atoms in total. The predicted molar refractivity (Wildman–Crippen MR) is 68.0 cm³/mol. The zero-order chi connectivity index (χ0) is 12.9. The second-order valence-electron chi connectivity index (χ2n) is 4.54. The number of hydrogen-bond acceptors (Lipinski definition) is 5. The molecule has 1 heterocycles. The van der Waals surface area contributed by atoms with Crippen molar-refractivity contribution in [1.29, 1.82) is 0 Å². The maximum absolute atomic E-state index is 11.1. The fourth-order valence-corrected chi connectivity index (χ4v) is 2.29. The van der Waals surface area contributed by atoms with Crippen LogP contribution in [0.15, 0.2) is 12.1 Å². The van der Waals surface area contributed by atoms with Crippen molar-refractivity contribution in [2.24, 2.45) is 0 Å². The molecule has 0 bridgehead atoms. The smallest absolute Gasteiger partial charge is 0.310 e. The first-order chi connectivity index (χ1) is 7.90. The van der Waals surface area contributed by atoms with E-state index in [0.717, 1.165) is 9.75 Å². The number of aliphatic hydroxyl groups is 1. The Hall–Kier alpha value is -0.910. The fraction of sp³-hybridized carbons (Fsp3) is 0.583. The van der Waals surface area contributed by atoms with E-state index in [2.05, 4.69) is 10.1 Å². The fourth-order valence-electron chi connectivity index (χ4n) is 1.32. The first-order valence-electron chi connectivity index (χ1n) is 5.48. The van der Waals surface area contributed by atoms with Crippen molar-refractivity contribution < 1.29 is 14.6 Å². The number of hydrogen-bond donors (Lipinski definition) is 2. The highest BCUT2D eigenvalue weighted by molar-refractivity contribution is 7.12. The standard InChI is InChI=1S/C12H19NO3S/c1-12(2,15)8-13-7-10-5-4-9(17-10)6-11(14)16-3/h4-5,13,15H,6-8H2,1-3H3. The molecule has 0 aliphatic heterocycles. The van der Waals surface area contributed by atoms with Gasteiger partial charge >= 0.3 is 5.97 Å². The third-order valence-electron chi connectivity index (χ3n) is 2.12. The Bertz CT molecular complexity index is 368. The van der Waals surface area contributed by atoms with E-state index >= 15 is 0 Å². The van der Waals surface area contributed by atoms with Gasteiger partial charge in [-0.15, -0.1) is 11.3 Å². The zero-order valence-electron chi connectivity index (χ0n) is 10.4. The summed E-state index contributed by atoms with van der Waals surface area (Å²) in [6, 6.07) is 3.92. The quantitative estimate of drug-likeness (QED) is 0.755. The van der Waals surface area contributed by atoms with Crippen LogP contribution in [0, 0.1) is 0 Å². The molecule has 0 amide bonds. The molecule has 0 fully saturated rings. The molecule has 0 spiro atoms. The van der Waals surface area contributed by atoms with E-state index in [-0.39, 0.29) is 5.97 Å². The van der Waals surface area contributed by atoms with Gasteiger partial charge in [-0.05, 0) is 26.0 Å². The van der Waals surface area contributed by atoms with Gasteiger partial charge in [0.2, 0.25) is 0 Å². The van der Waals surface area contributed by atoms with E-state index in [0.29, 0.717) is 19.5 Å². The van der Waals surface area contributed by atoms with Gasteiger partial charge in [0.15, 0.2) is 0 Å². The van der Waals surface area contributed by atoms with Gasteiger partial charge < -0.3 is 15.2 Å². The third kappa shape index (κ3) is 5.81. The molecule has 17 heavy (non-hydrogen) atoms. The Morgan fingerprint density at radius 3 is 2.71 bits per heavy atom. The highest BCUT2D eigenvalue weighted by atomic mass is 32.1. The van der Waals surface area contributed by atoms with Gasteiger partial charge in [-0.2, -0.15) is 0 Å². The molecule has 0 radical (unpaired) electrons. The van der Waals surface area contributed by atoms with Crippen molar-refractivity contribution in [2.75, 3.05) is 13.7 Å². The maximum atomic E-state index is 11.1. The number of esters is 1. The van der Waals surface area contributed by atoms with Crippen LogP contribution < -0.4 is 5.32 Å². The topological polar surface area (TPSA) is 58.6 Å². The second-order valence-corrected chi connectivity index (χ2v) is 5.79. The summed E-state index contributed by atoms with van der Waals surface area (Å²) >= 11 is 1.58. The largest absolute Gasteiger partial charge is 0.469 e. The molecule has 1 aromatic rings. The summed E-state index contributed by atoms with van der Waals surface area (Å²) in [7, 11) is 1.39. The van der Waals surface area contributed by atoms with E-state index < -0.39 is 5.60 Å². The summed E-state index contributed by atoms with van der Waals surface area (Å²) in [6.07, 6.45) is 0.326. The highest BCUT2D eigenvalue weighted by Crippen LogP contribution is 2.17. The van der Waals surface area contributed by atoms with Gasteiger partial charge in [0.05, 0.1) is 19.1 Å². The Labute approximate surface area is 106 Å². The first-order valence-corrected chi connectivity index (χ1v) is 6.30. The second kappa shape index (κ2) is 6.14. The van der Waals surface area contributed by atoms with Crippen LogP contribution in [-0.4, -0.2) is 30.3 Å². The summed E-state index contributed by atoms with van der Waals surface area (Å²) in [6.45, 7) is 4.77. The number of thiophene rings is 1. The third-order valence-corrected chi connectivity index (χ3v) is 3.21. The summed E-state index contributed by atoms with van der Waals surface area (Å²) in [5, 5.41) is 12.7. The van der Waals surface area contributed by atoms with Gasteiger partial charge in [-0.3, -0.25) is 4.79 Å². The summed E-state index contributed by atoms with van der Waals surface area (Å²) in [4.78, 5) is 13.2. The number of nitrogens with one attached hydrogen (secondary N) is 1. The average Bonchev–Trinajstić information content (AvgIpc) is 2.63. The Balaban J connectivity index is 2.38. The van der Waals surface area contributed by atoms with Crippen molar-refractivity contribution in [1.82, 2.24) is 5.32 Å². The van der Waals surface area contributed by atoms with Crippen LogP contribution in [-0.2, 0) is 22.5 Å². The average molecular weight is 257 g/mol. The normalized spacial score (nSPS) is 11.5. The van der Waals surface area contributed by atoms with Crippen LogP contribution in [0.2, 0.25) is 0 Å². The number of rotatable bonds is 6. The maximum Gasteiger partial charge on any atom is 0.310 e. The SMILES string of the molecule is COC(=O)Cc1ccc(CNCC(C)(C)O)s1. The predicted octanol–water partition coefficient (Wildman–Crippen LogP) is 1.32. The Morgan fingerprint density at radius 1 is 1.47 bits per heavy atom. The van der Waals surface area contributed by atoms with Crippen LogP contribution in [0.3, 0.4) is 0 Å². The van der Waals surface area contributed by atoms with Crippen molar-refractivity contribution >= 4 is 17.3 Å². The molecule has 0 saturated carbocycles. The molecule has 2 N–H and O–H groups in total. The van der Waals surface area contributed by atoms with Crippen LogP contribution in [0.5, 0.6) is 0 Å². The lowest BCUT2D eigenvalue weighted by Crippen LogP contribution is -2.34. The van der Waals surface area contributed by atoms with Crippen molar-refractivity contribution in [3.8, 4) is 0 Å². The zero-order valence-corrected chi connectivity index (χ0v) is 11.3. The van der Waals surface area contributed by atoms with E-state index in [4.69, 9.17) is 0 Å². The summed E-state index contributed by atoms with van der Waals surface area (Å²) < 4.78 is 4.61. The molecule has 0 saturated heterocycles. The van der Waals surface area contributed by atoms with Crippen molar-refractivity contribution in [2.45, 2.75) is 32.4 Å². The number of methoxy groups -OCH3 is 1. The van der Waals surface area contributed by atoms with E-state index in [1.165, 1.54) is 7.11 Å². The van der Waals surface area contributed by atoms with E-state index in [9.17, 15) is 9.90 Å². The summed E-state index contributed by atoms with van der Waals surface area (Å²) in [5.41, 5.74) is -0.702. The highest BCUT2D eigenvalue weighted by Gasteiger charge is 2.11. The van der Waals surface area contributed by atoms with Crippen LogP contribution in [0.1, 0.15) is 23.6 Å². The molecule has 5 heteroatoms. The summed E-state index contributed by atoms with van der Waals surface area (Å²) in [5.74, 6) is -0.220. The molecule has 96 valence electrons. The van der Waals surface area contributed by atoms with Crippen LogP contribution in [0.4, 0.5) is 0 Å². The molecular weight excluding hydrogens is 238 g/mol. The van der Waals surface area contributed by atoms with Crippen LogP contribution >= 0.6 is 11.3 Å². The molecule has 1 aromatic heterocycles. The van der Waals surface area contributed by atoms with Gasteiger partial charge in [0.25, 0.3) is 0 Å². The first kappa shape index (κ1) is 14.2. The lowest BCUT2D eigenvalue weighted by atomic mass is 10.1. The van der Waals surface area contributed by atoms with Crippen molar-refractivity contribution in [3.05, 3.63) is 21.9 Å². The van der Waals surface area contributed by atoms with Crippen LogP contribution in [0.25, 0.3) is 0 Å². The lowest BCUT2D eigenvalue weighted by molar-refractivity contribution is -0.139. The minimum Gasteiger partial charge on any atom is -0.469 e. The van der Waals surface area contributed by atoms with Gasteiger partial charge in [0, 0.05) is 22.8 Å². The Morgan fingerprint density at radius 2 is 2.12 bits per heavy atom. The lowest BCUT2D eigenvalue weighted by Gasteiger charge is -2.17.